The molecule has 92 valence electrons. The minimum atomic E-state index is -0.560. The Hall–Kier alpha value is -0.710. The summed E-state index contributed by atoms with van der Waals surface area (Å²) in [6.45, 7) is 0. The van der Waals surface area contributed by atoms with Crippen molar-refractivity contribution in [2.24, 2.45) is 0 Å². The molecule has 0 N–H and O–H groups in total. The highest BCUT2D eigenvalue weighted by atomic mass is 79.9. The van der Waals surface area contributed by atoms with Crippen LogP contribution in [0.2, 0.25) is 5.02 Å². The molecule has 2 aromatic carbocycles. The highest BCUT2D eigenvalue weighted by Crippen LogP contribution is 2.26. The summed E-state index contributed by atoms with van der Waals surface area (Å²) in [5, 5.41) is 0.428. The predicted molar refractivity (Wildman–Crippen MR) is 76.7 cm³/mol. The number of benzene rings is 2. The van der Waals surface area contributed by atoms with E-state index in [0.29, 0.717) is 19.5 Å². The molecule has 0 amide bonds. The van der Waals surface area contributed by atoms with Gasteiger partial charge in [0, 0.05) is 19.5 Å². The van der Waals surface area contributed by atoms with Crippen LogP contribution in [0.5, 0.6) is 0 Å². The summed E-state index contributed by atoms with van der Waals surface area (Å²) in [6, 6.07) is 9.05. The van der Waals surface area contributed by atoms with Crippen molar-refractivity contribution in [2.45, 2.75) is 0 Å². The molecular formula is C13H6Br2ClFO. The maximum Gasteiger partial charge on any atom is 0.197 e. The average molecular weight is 392 g/mol. The first kappa shape index (κ1) is 13.7. The zero-order chi connectivity index (χ0) is 13.3. The summed E-state index contributed by atoms with van der Waals surface area (Å²) in [5.74, 6) is -0.974. The maximum absolute atomic E-state index is 13.6. The molecular weight excluding hydrogens is 386 g/mol. The molecule has 0 saturated heterocycles. The van der Waals surface area contributed by atoms with Crippen molar-refractivity contribution in [2.75, 3.05) is 0 Å². The van der Waals surface area contributed by atoms with Gasteiger partial charge in [0.2, 0.25) is 0 Å². The number of carbonyl (C=O) groups excluding carboxylic acids is 1. The fraction of sp³-hybridized carbons (Fsp3) is 0. The van der Waals surface area contributed by atoms with Crippen LogP contribution in [0.15, 0.2) is 45.3 Å². The molecule has 5 heteroatoms. The van der Waals surface area contributed by atoms with Crippen molar-refractivity contribution in [3.8, 4) is 0 Å². The van der Waals surface area contributed by atoms with Crippen molar-refractivity contribution >= 4 is 49.2 Å². The Labute approximate surface area is 125 Å². The Morgan fingerprint density at radius 3 is 2.50 bits per heavy atom. The van der Waals surface area contributed by atoms with Crippen LogP contribution >= 0.6 is 43.5 Å². The molecule has 0 fully saturated rings. The predicted octanol–water partition coefficient (Wildman–Crippen LogP) is 5.24. The van der Waals surface area contributed by atoms with E-state index in [4.69, 9.17) is 11.6 Å². The Balaban J connectivity index is 2.54. The van der Waals surface area contributed by atoms with E-state index in [0.717, 1.165) is 0 Å². The fourth-order valence-corrected chi connectivity index (χ4v) is 2.45. The van der Waals surface area contributed by atoms with Crippen molar-refractivity contribution < 1.29 is 9.18 Å². The lowest BCUT2D eigenvalue weighted by atomic mass is 10.0. The van der Waals surface area contributed by atoms with Gasteiger partial charge in [0.05, 0.1) is 5.56 Å². The standard InChI is InChI=1S/C13H6Br2ClFO/c14-7-1-4-12(17)10(5-7)13(18)9-6-8(16)2-3-11(9)15/h1-6H. The van der Waals surface area contributed by atoms with Crippen molar-refractivity contribution in [3.63, 3.8) is 0 Å². The maximum atomic E-state index is 13.6. The number of halogens is 4. The van der Waals surface area contributed by atoms with Gasteiger partial charge in [-0.3, -0.25) is 4.79 Å². The summed E-state index contributed by atoms with van der Waals surface area (Å²) >= 11 is 12.3. The van der Waals surface area contributed by atoms with Gasteiger partial charge in [-0.25, -0.2) is 4.39 Å². The molecule has 0 aliphatic carbocycles. The fourth-order valence-electron chi connectivity index (χ4n) is 1.49. The van der Waals surface area contributed by atoms with E-state index in [-0.39, 0.29) is 5.56 Å². The van der Waals surface area contributed by atoms with Gasteiger partial charge >= 0.3 is 0 Å². The van der Waals surface area contributed by atoms with E-state index < -0.39 is 11.6 Å². The molecule has 0 aliphatic rings. The van der Waals surface area contributed by atoms with Gasteiger partial charge in [-0.2, -0.15) is 0 Å². The Bertz CT molecular complexity index is 575. The summed E-state index contributed by atoms with van der Waals surface area (Å²) < 4.78 is 14.9. The Kier molecular flexibility index (Phi) is 4.20. The van der Waals surface area contributed by atoms with Crippen LogP contribution < -0.4 is 0 Å². The van der Waals surface area contributed by atoms with Gasteiger partial charge < -0.3 is 0 Å². The number of ketones is 1. The van der Waals surface area contributed by atoms with Crippen LogP contribution in [0.4, 0.5) is 4.39 Å². The molecule has 0 radical (unpaired) electrons. The minimum absolute atomic E-state index is 0.00680. The van der Waals surface area contributed by atoms with E-state index in [1.807, 2.05) is 0 Å². The second-order valence-corrected chi connectivity index (χ2v) is 5.78. The van der Waals surface area contributed by atoms with Crippen molar-refractivity contribution in [1.29, 1.82) is 0 Å². The first-order valence-corrected chi connectivity index (χ1v) is 6.90. The molecule has 0 atom stereocenters. The minimum Gasteiger partial charge on any atom is -0.288 e. The van der Waals surface area contributed by atoms with Crippen LogP contribution in [0.25, 0.3) is 0 Å². The van der Waals surface area contributed by atoms with E-state index in [1.54, 1.807) is 18.2 Å². The van der Waals surface area contributed by atoms with Crippen molar-refractivity contribution in [1.82, 2.24) is 0 Å². The first-order chi connectivity index (χ1) is 8.49. The monoisotopic (exact) mass is 390 g/mol. The van der Waals surface area contributed by atoms with Gasteiger partial charge in [-0.05, 0) is 36.4 Å². The largest absolute Gasteiger partial charge is 0.288 e. The third kappa shape index (κ3) is 2.82. The van der Waals surface area contributed by atoms with Gasteiger partial charge in [-0.15, -0.1) is 0 Å². The second kappa shape index (κ2) is 5.51. The molecule has 2 aromatic rings. The van der Waals surface area contributed by atoms with Gasteiger partial charge in [0.25, 0.3) is 0 Å². The number of hydrogen-bond acceptors (Lipinski definition) is 1. The highest BCUT2D eigenvalue weighted by Gasteiger charge is 2.17. The quantitative estimate of drug-likeness (QED) is 0.639. The van der Waals surface area contributed by atoms with Crippen molar-refractivity contribution in [3.05, 3.63) is 67.3 Å². The lowest BCUT2D eigenvalue weighted by Gasteiger charge is -2.06. The zero-order valence-electron chi connectivity index (χ0n) is 8.88. The van der Waals surface area contributed by atoms with E-state index in [1.165, 1.54) is 18.2 Å². The molecule has 0 saturated carbocycles. The molecule has 0 bridgehead atoms. The molecule has 0 unspecified atom stereocenters. The van der Waals surface area contributed by atoms with Crippen LogP contribution in [-0.4, -0.2) is 5.78 Å². The zero-order valence-corrected chi connectivity index (χ0v) is 12.8. The molecule has 1 nitrogen and oxygen atoms in total. The van der Waals surface area contributed by atoms with Gasteiger partial charge in [0.1, 0.15) is 5.82 Å². The lowest BCUT2D eigenvalue weighted by Crippen LogP contribution is -2.05. The smallest absolute Gasteiger partial charge is 0.197 e. The normalized spacial score (nSPS) is 10.4. The lowest BCUT2D eigenvalue weighted by molar-refractivity contribution is 0.103. The van der Waals surface area contributed by atoms with E-state index in [9.17, 15) is 9.18 Å². The van der Waals surface area contributed by atoms with Gasteiger partial charge in [0.15, 0.2) is 5.78 Å². The molecule has 0 aliphatic heterocycles. The van der Waals surface area contributed by atoms with Gasteiger partial charge in [-0.1, -0.05) is 43.5 Å². The summed E-state index contributed by atoms with van der Waals surface area (Å²) in [6.07, 6.45) is 0. The van der Waals surface area contributed by atoms with E-state index >= 15 is 0 Å². The molecule has 0 heterocycles. The number of rotatable bonds is 2. The second-order valence-electron chi connectivity index (χ2n) is 3.58. The van der Waals surface area contributed by atoms with Crippen LogP contribution in [0.3, 0.4) is 0 Å². The number of hydrogen-bond donors (Lipinski definition) is 0. The highest BCUT2D eigenvalue weighted by molar-refractivity contribution is 9.10. The summed E-state index contributed by atoms with van der Waals surface area (Å²) in [5.41, 5.74) is 0.340. The Morgan fingerprint density at radius 2 is 1.78 bits per heavy atom. The van der Waals surface area contributed by atoms with Crippen LogP contribution in [-0.2, 0) is 0 Å². The molecule has 2 rings (SSSR count). The molecule has 18 heavy (non-hydrogen) atoms. The summed E-state index contributed by atoms with van der Waals surface area (Å²) in [7, 11) is 0. The third-order valence-electron chi connectivity index (χ3n) is 2.35. The average Bonchev–Trinajstić information content (AvgIpc) is 2.34. The molecule has 0 aromatic heterocycles. The van der Waals surface area contributed by atoms with Crippen LogP contribution in [0.1, 0.15) is 15.9 Å². The molecule has 0 spiro atoms. The van der Waals surface area contributed by atoms with E-state index in [2.05, 4.69) is 31.9 Å². The number of carbonyl (C=O) groups is 1. The topological polar surface area (TPSA) is 17.1 Å². The van der Waals surface area contributed by atoms with Crippen LogP contribution in [0, 0.1) is 5.82 Å². The third-order valence-corrected chi connectivity index (χ3v) is 3.77. The SMILES string of the molecule is O=C(c1cc(Br)ccc1F)c1cc(Cl)ccc1Br. The Morgan fingerprint density at radius 1 is 1.06 bits per heavy atom. The first-order valence-electron chi connectivity index (χ1n) is 4.94. The summed E-state index contributed by atoms with van der Waals surface area (Å²) in [4.78, 5) is 12.2.